The van der Waals surface area contributed by atoms with Gasteiger partial charge in [-0.05, 0) is 48.0 Å². The molecule has 3 nitrogen and oxygen atoms in total. The Hall–Kier alpha value is -3.11. The summed E-state index contributed by atoms with van der Waals surface area (Å²) in [5.74, 6) is -0.243. The molecule has 0 heterocycles. The van der Waals surface area contributed by atoms with Crippen molar-refractivity contribution in [2.24, 2.45) is 0 Å². The first-order valence-electron chi connectivity index (χ1n) is 8.10. The van der Waals surface area contributed by atoms with Crippen molar-refractivity contribution in [2.75, 3.05) is 5.32 Å². The maximum atomic E-state index is 12.3. The predicted octanol–water partition coefficient (Wildman–Crippen LogP) is 5.12. The summed E-state index contributed by atoms with van der Waals surface area (Å²) >= 11 is 4.22. The van der Waals surface area contributed by atoms with Gasteiger partial charge in [0.05, 0.1) is 0 Å². The van der Waals surface area contributed by atoms with Crippen LogP contribution >= 0.6 is 12.6 Å². The highest BCUT2D eigenvalue weighted by Gasteiger charge is 2.06. The quantitative estimate of drug-likeness (QED) is 0.377. The molecule has 1 amide bonds. The number of anilines is 1. The van der Waals surface area contributed by atoms with Crippen molar-refractivity contribution >= 4 is 36.1 Å². The Morgan fingerprint density at radius 3 is 2.08 bits per heavy atom. The third-order valence-corrected chi connectivity index (χ3v) is 4.08. The highest BCUT2D eigenvalue weighted by atomic mass is 32.1. The molecular formula is C22H17NO2S. The highest BCUT2D eigenvalue weighted by Crippen LogP contribution is 2.14. The van der Waals surface area contributed by atoms with Crippen LogP contribution in [0.25, 0.3) is 6.08 Å². The van der Waals surface area contributed by atoms with Crippen LogP contribution in [0.4, 0.5) is 5.69 Å². The Labute approximate surface area is 157 Å². The van der Waals surface area contributed by atoms with Gasteiger partial charge in [0.25, 0.3) is 5.91 Å². The first-order valence-corrected chi connectivity index (χ1v) is 8.54. The molecule has 4 heteroatoms. The van der Waals surface area contributed by atoms with Gasteiger partial charge in [-0.2, -0.15) is 0 Å². The Bertz CT molecular complexity index is 930. The van der Waals surface area contributed by atoms with Crippen LogP contribution in [-0.4, -0.2) is 11.7 Å². The molecule has 3 aromatic carbocycles. The number of carbonyl (C=O) groups excluding carboxylic acids is 2. The molecule has 0 spiro atoms. The Morgan fingerprint density at radius 2 is 1.42 bits per heavy atom. The van der Waals surface area contributed by atoms with Gasteiger partial charge in [-0.25, -0.2) is 0 Å². The van der Waals surface area contributed by atoms with Gasteiger partial charge in [0, 0.05) is 21.7 Å². The molecule has 0 saturated carbocycles. The van der Waals surface area contributed by atoms with Crippen molar-refractivity contribution in [1.29, 1.82) is 0 Å². The molecule has 26 heavy (non-hydrogen) atoms. The van der Waals surface area contributed by atoms with Crippen LogP contribution in [-0.2, 0) is 0 Å². The molecule has 0 aliphatic carbocycles. The average Bonchev–Trinajstić information content (AvgIpc) is 2.69. The summed E-state index contributed by atoms with van der Waals surface area (Å²) < 4.78 is 0. The van der Waals surface area contributed by atoms with Crippen LogP contribution in [0.1, 0.15) is 26.3 Å². The zero-order valence-electron chi connectivity index (χ0n) is 13.9. The molecule has 0 saturated heterocycles. The second-order valence-corrected chi connectivity index (χ2v) is 6.20. The van der Waals surface area contributed by atoms with Crippen molar-refractivity contribution in [1.82, 2.24) is 0 Å². The van der Waals surface area contributed by atoms with Crippen LogP contribution in [0.15, 0.2) is 89.8 Å². The van der Waals surface area contributed by atoms with E-state index < -0.39 is 0 Å². The number of ketones is 1. The summed E-state index contributed by atoms with van der Waals surface area (Å²) in [4.78, 5) is 25.2. The summed E-state index contributed by atoms with van der Waals surface area (Å²) in [5, 5.41) is 2.83. The van der Waals surface area contributed by atoms with Crippen LogP contribution < -0.4 is 5.32 Å². The second-order valence-electron chi connectivity index (χ2n) is 5.69. The highest BCUT2D eigenvalue weighted by molar-refractivity contribution is 7.80. The van der Waals surface area contributed by atoms with E-state index in [9.17, 15) is 9.59 Å². The monoisotopic (exact) mass is 359 g/mol. The van der Waals surface area contributed by atoms with Gasteiger partial charge in [0.2, 0.25) is 0 Å². The number of benzene rings is 3. The van der Waals surface area contributed by atoms with E-state index in [0.29, 0.717) is 16.8 Å². The van der Waals surface area contributed by atoms with E-state index >= 15 is 0 Å². The zero-order valence-corrected chi connectivity index (χ0v) is 14.8. The zero-order chi connectivity index (χ0) is 18.4. The molecule has 0 aromatic heterocycles. The molecule has 0 aliphatic heterocycles. The van der Waals surface area contributed by atoms with E-state index in [4.69, 9.17) is 0 Å². The minimum atomic E-state index is -0.187. The number of thiol groups is 1. The first-order chi connectivity index (χ1) is 12.6. The van der Waals surface area contributed by atoms with Gasteiger partial charge < -0.3 is 5.32 Å². The van der Waals surface area contributed by atoms with Crippen LogP contribution in [0.3, 0.4) is 0 Å². The third-order valence-electron chi connectivity index (χ3n) is 3.78. The lowest BCUT2D eigenvalue weighted by molar-refractivity contribution is 0.102. The van der Waals surface area contributed by atoms with E-state index in [1.165, 1.54) is 6.08 Å². The maximum absolute atomic E-state index is 12.3. The van der Waals surface area contributed by atoms with Gasteiger partial charge in [-0.1, -0.05) is 48.5 Å². The number of carbonyl (C=O) groups is 2. The van der Waals surface area contributed by atoms with Gasteiger partial charge in [-0.3, -0.25) is 9.59 Å². The molecule has 0 bridgehead atoms. The lowest BCUT2D eigenvalue weighted by atomic mass is 10.1. The van der Waals surface area contributed by atoms with Crippen LogP contribution in [0, 0.1) is 0 Å². The molecule has 3 rings (SSSR count). The molecule has 0 fully saturated rings. The fourth-order valence-electron chi connectivity index (χ4n) is 2.36. The molecule has 0 atom stereocenters. The minimum absolute atomic E-state index is 0.0555. The molecule has 1 N–H and O–H groups in total. The van der Waals surface area contributed by atoms with Crippen molar-refractivity contribution in [2.45, 2.75) is 4.90 Å². The number of hydrogen-bond donors (Lipinski definition) is 2. The second kappa shape index (κ2) is 8.32. The van der Waals surface area contributed by atoms with Crippen LogP contribution in [0.2, 0.25) is 0 Å². The maximum Gasteiger partial charge on any atom is 0.255 e. The molecule has 0 radical (unpaired) electrons. The number of nitrogens with one attached hydrogen (secondary N) is 1. The predicted molar refractivity (Wildman–Crippen MR) is 108 cm³/mol. The molecule has 0 aliphatic rings. The Morgan fingerprint density at radius 1 is 0.769 bits per heavy atom. The lowest BCUT2D eigenvalue weighted by Gasteiger charge is -2.05. The first kappa shape index (κ1) is 17.7. The van der Waals surface area contributed by atoms with E-state index in [1.54, 1.807) is 54.6 Å². The van der Waals surface area contributed by atoms with Gasteiger partial charge in [-0.15, -0.1) is 12.6 Å². The largest absolute Gasteiger partial charge is 0.322 e. The molecular weight excluding hydrogens is 342 g/mol. The fraction of sp³-hybridized carbons (Fsp3) is 0. The van der Waals surface area contributed by atoms with Crippen molar-refractivity contribution in [3.05, 3.63) is 102 Å². The van der Waals surface area contributed by atoms with Crippen molar-refractivity contribution < 1.29 is 9.59 Å². The normalized spacial score (nSPS) is 10.7. The Balaban J connectivity index is 1.64. The standard InChI is InChI=1S/C22H17NO2S/c24-21(17-4-2-1-3-5-17)15-8-16-6-9-18(10-7-16)22(25)23-19-11-13-20(26)14-12-19/h1-15,26H,(H,23,25)/b15-8+. The summed E-state index contributed by atoms with van der Waals surface area (Å²) in [5.41, 5.74) is 2.76. The van der Waals surface area contributed by atoms with E-state index in [0.717, 1.165) is 10.5 Å². The van der Waals surface area contributed by atoms with Crippen molar-refractivity contribution in [3.63, 3.8) is 0 Å². The summed E-state index contributed by atoms with van der Waals surface area (Å²) in [6, 6.07) is 23.4. The Kier molecular flexibility index (Phi) is 5.66. The van der Waals surface area contributed by atoms with Gasteiger partial charge in [0.1, 0.15) is 0 Å². The number of allylic oxidation sites excluding steroid dienone is 1. The third kappa shape index (κ3) is 4.71. The van der Waals surface area contributed by atoms with Crippen molar-refractivity contribution in [3.8, 4) is 0 Å². The average molecular weight is 359 g/mol. The van der Waals surface area contributed by atoms with E-state index in [1.807, 2.05) is 30.3 Å². The number of rotatable bonds is 5. The number of amides is 1. The fourth-order valence-corrected chi connectivity index (χ4v) is 2.51. The SMILES string of the molecule is O=C(/C=C/c1ccc(C(=O)Nc2ccc(S)cc2)cc1)c1ccccc1. The summed E-state index contributed by atoms with van der Waals surface area (Å²) in [7, 11) is 0. The van der Waals surface area contributed by atoms with E-state index in [2.05, 4.69) is 17.9 Å². The summed E-state index contributed by atoms with van der Waals surface area (Å²) in [6.45, 7) is 0. The number of hydrogen-bond acceptors (Lipinski definition) is 3. The van der Waals surface area contributed by atoms with Crippen LogP contribution in [0.5, 0.6) is 0 Å². The van der Waals surface area contributed by atoms with E-state index in [-0.39, 0.29) is 11.7 Å². The van der Waals surface area contributed by atoms with Gasteiger partial charge >= 0.3 is 0 Å². The molecule has 128 valence electrons. The smallest absolute Gasteiger partial charge is 0.255 e. The molecule has 3 aromatic rings. The summed E-state index contributed by atoms with van der Waals surface area (Å²) in [6.07, 6.45) is 3.27. The lowest BCUT2D eigenvalue weighted by Crippen LogP contribution is -2.11. The molecule has 0 unspecified atom stereocenters. The van der Waals surface area contributed by atoms with Gasteiger partial charge in [0.15, 0.2) is 5.78 Å². The topological polar surface area (TPSA) is 46.2 Å². The minimum Gasteiger partial charge on any atom is -0.322 e.